The monoisotopic (exact) mass is 511 g/mol. The molecule has 1 atom stereocenters. The number of fused-ring (bicyclic) bond motifs is 3. The van der Waals surface area contributed by atoms with Gasteiger partial charge in [0.2, 0.25) is 11.8 Å². The molecule has 2 aromatic carbocycles. The average molecular weight is 512 g/mol. The van der Waals surface area contributed by atoms with Crippen LogP contribution < -0.4 is 10.6 Å². The lowest BCUT2D eigenvalue weighted by Gasteiger charge is -2.25. The summed E-state index contributed by atoms with van der Waals surface area (Å²) in [5, 5.41) is 5.90. The summed E-state index contributed by atoms with van der Waals surface area (Å²) in [6, 6.07) is 12.5. The number of halogens is 1. The van der Waals surface area contributed by atoms with Gasteiger partial charge in [-0.15, -0.1) is 0 Å². The zero-order valence-electron chi connectivity index (χ0n) is 19.7. The first-order valence-corrected chi connectivity index (χ1v) is 12.4. The smallest absolute Gasteiger partial charge is 0.259 e. The number of para-hydroxylation sites is 1. The second kappa shape index (κ2) is 11.9. The lowest BCUT2D eigenvalue weighted by atomic mass is 10.1. The van der Waals surface area contributed by atoms with Crippen molar-refractivity contribution in [1.29, 1.82) is 0 Å². The minimum absolute atomic E-state index is 0.0816. The van der Waals surface area contributed by atoms with E-state index >= 15 is 0 Å². The fourth-order valence-corrected chi connectivity index (χ4v) is 4.55. The van der Waals surface area contributed by atoms with Gasteiger partial charge >= 0.3 is 0 Å². The SMILES string of the molecule is COCCNC(=O)CSC1=Nc2ccccc2C2=NC(CCC(=O)NCc3ccc(F)cc3)C(=O)N12. The average Bonchev–Trinajstić information content (AvgIpc) is 3.22. The maximum atomic E-state index is 13.3. The number of thioether (sulfide) groups is 1. The maximum absolute atomic E-state index is 13.3. The number of hydrogen-bond donors (Lipinski definition) is 2. The van der Waals surface area contributed by atoms with Gasteiger partial charge < -0.3 is 15.4 Å². The van der Waals surface area contributed by atoms with Gasteiger partial charge in [-0.1, -0.05) is 36.0 Å². The summed E-state index contributed by atoms with van der Waals surface area (Å²) in [6.07, 6.45) is 0.330. The van der Waals surface area contributed by atoms with Crippen LogP contribution in [0, 0.1) is 5.82 Å². The number of carbonyl (C=O) groups excluding carboxylic acids is 3. The van der Waals surface area contributed by atoms with E-state index in [0.29, 0.717) is 29.8 Å². The number of hydrogen-bond acceptors (Lipinski definition) is 7. The minimum Gasteiger partial charge on any atom is -0.383 e. The summed E-state index contributed by atoms with van der Waals surface area (Å²) in [4.78, 5) is 48.5. The number of nitrogens with zero attached hydrogens (tertiary/aromatic N) is 3. The number of nitrogens with one attached hydrogen (secondary N) is 2. The van der Waals surface area contributed by atoms with Crippen molar-refractivity contribution in [2.45, 2.75) is 25.4 Å². The highest BCUT2D eigenvalue weighted by Crippen LogP contribution is 2.34. The van der Waals surface area contributed by atoms with E-state index in [2.05, 4.69) is 20.6 Å². The Morgan fingerprint density at radius 2 is 1.89 bits per heavy atom. The molecule has 0 aromatic heterocycles. The highest BCUT2D eigenvalue weighted by molar-refractivity contribution is 8.14. The number of ether oxygens (including phenoxy) is 1. The highest BCUT2D eigenvalue weighted by atomic mass is 32.2. The second-order valence-electron chi connectivity index (χ2n) is 8.13. The lowest BCUT2D eigenvalue weighted by molar-refractivity contribution is -0.125. The number of rotatable bonds is 10. The summed E-state index contributed by atoms with van der Waals surface area (Å²) in [7, 11) is 1.56. The second-order valence-corrected chi connectivity index (χ2v) is 9.07. The molecule has 0 spiro atoms. The molecule has 0 aliphatic carbocycles. The molecule has 2 heterocycles. The van der Waals surface area contributed by atoms with Gasteiger partial charge in [0.25, 0.3) is 5.91 Å². The van der Waals surface area contributed by atoms with Crippen molar-refractivity contribution in [3.63, 3.8) is 0 Å². The Kier molecular flexibility index (Phi) is 8.44. The van der Waals surface area contributed by atoms with E-state index in [4.69, 9.17) is 4.74 Å². The molecule has 0 bridgehead atoms. The maximum Gasteiger partial charge on any atom is 0.259 e. The fraction of sp³-hybridized carbons (Fsp3) is 0.320. The molecule has 9 nitrogen and oxygen atoms in total. The van der Waals surface area contributed by atoms with E-state index in [1.807, 2.05) is 24.3 Å². The number of amidine groups is 2. The van der Waals surface area contributed by atoms with Crippen molar-refractivity contribution in [3.8, 4) is 0 Å². The van der Waals surface area contributed by atoms with Crippen LogP contribution in [-0.2, 0) is 25.7 Å². The Balaban J connectivity index is 1.39. The van der Waals surface area contributed by atoms with Gasteiger partial charge in [0.05, 0.1) is 18.0 Å². The van der Waals surface area contributed by atoms with Crippen LogP contribution in [0.1, 0.15) is 24.0 Å². The third kappa shape index (κ3) is 6.16. The Hall–Kier alpha value is -3.57. The molecular weight excluding hydrogens is 485 g/mol. The lowest BCUT2D eigenvalue weighted by Crippen LogP contribution is -2.42. The van der Waals surface area contributed by atoms with Gasteiger partial charge in [-0.05, 0) is 36.2 Å². The van der Waals surface area contributed by atoms with Gasteiger partial charge in [0, 0.05) is 32.2 Å². The van der Waals surface area contributed by atoms with Crippen LogP contribution in [0.3, 0.4) is 0 Å². The summed E-state index contributed by atoms with van der Waals surface area (Å²) in [5.41, 5.74) is 2.17. The number of carbonyl (C=O) groups is 3. The molecule has 1 unspecified atom stereocenters. The number of aliphatic imine (C=N–C) groups is 2. The molecule has 0 saturated carbocycles. The fourth-order valence-electron chi connectivity index (χ4n) is 3.72. The number of methoxy groups -OCH3 is 1. The summed E-state index contributed by atoms with van der Waals surface area (Å²) >= 11 is 1.16. The third-order valence-corrected chi connectivity index (χ3v) is 6.49. The molecule has 2 aliphatic heterocycles. The van der Waals surface area contributed by atoms with Crippen LogP contribution >= 0.6 is 11.8 Å². The van der Waals surface area contributed by atoms with E-state index in [9.17, 15) is 18.8 Å². The van der Waals surface area contributed by atoms with Gasteiger partial charge in [0.1, 0.15) is 17.7 Å². The van der Waals surface area contributed by atoms with Crippen LogP contribution in [0.15, 0.2) is 58.5 Å². The van der Waals surface area contributed by atoms with Crippen molar-refractivity contribution in [3.05, 3.63) is 65.5 Å². The molecule has 0 radical (unpaired) electrons. The van der Waals surface area contributed by atoms with Crippen LogP contribution in [-0.4, -0.2) is 65.7 Å². The topological polar surface area (TPSA) is 112 Å². The Morgan fingerprint density at radius 3 is 2.67 bits per heavy atom. The molecule has 4 rings (SSSR count). The zero-order valence-corrected chi connectivity index (χ0v) is 20.5. The molecule has 2 aromatic rings. The van der Waals surface area contributed by atoms with Crippen molar-refractivity contribution in [1.82, 2.24) is 15.5 Å². The van der Waals surface area contributed by atoms with Crippen LogP contribution in [0.25, 0.3) is 0 Å². The molecule has 2 N–H and O–H groups in total. The molecule has 11 heteroatoms. The third-order valence-electron chi connectivity index (χ3n) is 5.56. The molecule has 188 valence electrons. The van der Waals surface area contributed by atoms with Crippen molar-refractivity contribution in [2.75, 3.05) is 26.0 Å². The summed E-state index contributed by atoms with van der Waals surface area (Å²) < 4.78 is 18.0. The summed E-state index contributed by atoms with van der Waals surface area (Å²) in [5.74, 6) is -0.485. The number of amides is 3. The molecule has 0 saturated heterocycles. The molecule has 2 aliphatic rings. The minimum atomic E-state index is -0.732. The summed E-state index contributed by atoms with van der Waals surface area (Å²) in [6.45, 7) is 1.07. The van der Waals surface area contributed by atoms with Crippen molar-refractivity contribution < 1.29 is 23.5 Å². The first-order valence-electron chi connectivity index (χ1n) is 11.5. The molecule has 3 amide bonds. The van der Waals surface area contributed by atoms with Gasteiger partial charge in [0.15, 0.2) is 5.17 Å². The largest absolute Gasteiger partial charge is 0.383 e. The van der Waals surface area contributed by atoms with Crippen LogP contribution in [0.5, 0.6) is 0 Å². The Labute approximate surface area is 212 Å². The van der Waals surface area contributed by atoms with Crippen molar-refractivity contribution in [2.24, 2.45) is 9.98 Å². The van der Waals surface area contributed by atoms with E-state index in [0.717, 1.165) is 22.9 Å². The number of benzene rings is 2. The normalized spacial score (nSPS) is 16.1. The van der Waals surface area contributed by atoms with Gasteiger partial charge in [-0.25, -0.2) is 14.3 Å². The Bertz CT molecular complexity index is 1200. The first kappa shape index (κ1) is 25.5. The van der Waals surface area contributed by atoms with Gasteiger partial charge in [-0.3, -0.25) is 19.4 Å². The van der Waals surface area contributed by atoms with E-state index in [-0.39, 0.29) is 48.7 Å². The van der Waals surface area contributed by atoms with Crippen LogP contribution in [0.4, 0.5) is 10.1 Å². The van der Waals surface area contributed by atoms with Gasteiger partial charge in [-0.2, -0.15) is 0 Å². The standard InChI is InChI=1S/C25H26FN5O4S/c1-35-13-12-27-22(33)15-36-25-30-19-5-3-2-4-18(19)23-29-20(24(34)31(23)25)10-11-21(32)28-14-16-6-8-17(26)9-7-16/h2-9,20H,10-15H2,1H3,(H,27,33)(H,28,32). The molecular formula is C25H26FN5O4S. The predicted molar refractivity (Wildman–Crippen MR) is 136 cm³/mol. The van der Waals surface area contributed by atoms with E-state index in [1.54, 1.807) is 19.2 Å². The molecule has 36 heavy (non-hydrogen) atoms. The van der Waals surface area contributed by atoms with Crippen molar-refractivity contribution >= 4 is 46.2 Å². The zero-order chi connectivity index (χ0) is 25.5. The quantitative estimate of drug-likeness (QED) is 0.476. The van der Waals surface area contributed by atoms with E-state index in [1.165, 1.54) is 17.0 Å². The first-order chi connectivity index (χ1) is 17.5. The van der Waals surface area contributed by atoms with Crippen LogP contribution in [0.2, 0.25) is 0 Å². The van der Waals surface area contributed by atoms with E-state index < -0.39 is 6.04 Å². The Morgan fingerprint density at radius 1 is 1.11 bits per heavy atom. The molecule has 0 fully saturated rings. The highest BCUT2D eigenvalue weighted by Gasteiger charge is 2.41. The predicted octanol–water partition coefficient (Wildman–Crippen LogP) is 2.38.